The van der Waals surface area contributed by atoms with E-state index >= 15 is 0 Å². The molecule has 0 aliphatic heterocycles. The molecule has 2 fully saturated rings. The van der Waals surface area contributed by atoms with Crippen molar-refractivity contribution in [2.24, 2.45) is 17.8 Å². The van der Waals surface area contributed by atoms with Gasteiger partial charge in [-0.05, 0) is 48.4 Å². The zero-order valence-electron chi connectivity index (χ0n) is 14.0. The van der Waals surface area contributed by atoms with Crippen LogP contribution in [0.3, 0.4) is 0 Å². The van der Waals surface area contributed by atoms with Gasteiger partial charge in [0.15, 0.2) is 0 Å². The van der Waals surface area contributed by atoms with E-state index in [9.17, 15) is 14.0 Å². The molecule has 0 unspecified atom stereocenters. The van der Waals surface area contributed by atoms with Gasteiger partial charge in [0.1, 0.15) is 11.9 Å². The maximum atomic E-state index is 13.3. The smallest absolute Gasteiger partial charge is 0.328 e. The van der Waals surface area contributed by atoms with Gasteiger partial charge in [-0.3, -0.25) is 4.79 Å². The van der Waals surface area contributed by atoms with Crippen LogP contribution in [0.1, 0.15) is 24.8 Å². The van der Waals surface area contributed by atoms with E-state index in [0.717, 1.165) is 23.8 Å². The lowest BCUT2D eigenvalue weighted by molar-refractivity contribution is -0.145. The molecule has 25 heavy (non-hydrogen) atoms. The molecule has 4 rings (SSSR count). The van der Waals surface area contributed by atoms with Gasteiger partial charge in [0.2, 0.25) is 5.91 Å². The molecule has 0 bridgehead atoms. The third-order valence-corrected chi connectivity index (χ3v) is 5.66. The minimum atomic E-state index is -0.733. The van der Waals surface area contributed by atoms with Gasteiger partial charge >= 0.3 is 5.97 Å². The second kappa shape index (κ2) is 6.17. The van der Waals surface area contributed by atoms with Crippen molar-refractivity contribution in [2.45, 2.75) is 31.7 Å². The van der Waals surface area contributed by atoms with Crippen LogP contribution in [0.2, 0.25) is 0 Å². The highest BCUT2D eigenvalue weighted by molar-refractivity contribution is 5.89. The summed E-state index contributed by atoms with van der Waals surface area (Å²) >= 11 is 0. The molecule has 2 aliphatic carbocycles. The second-order valence-electron chi connectivity index (χ2n) is 7.08. The Balaban J connectivity index is 1.50. The zero-order valence-corrected chi connectivity index (χ0v) is 14.0. The first-order valence-corrected chi connectivity index (χ1v) is 8.72. The summed E-state index contributed by atoms with van der Waals surface area (Å²) < 4.78 is 18.2. The number of methoxy groups -OCH3 is 1. The number of amides is 1. The van der Waals surface area contributed by atoms with Gasteiger partial charge in [0, 0.05) is 29.4 Å². The number of aromatic nitrogens is 1. The number of ether oxygens (including phenoxy) is 1. The quantitative estimate of drug-likeness (QED) is 0.819. The van der Waals surface area contributed by atoms with Crippen LogP contribution in [0.25, 0.3) is 10.9 Å². The highest BCUT2D eigenvalue weighted by atomic mass is 19.1. The third-order valence-electron chi connectivity index (χ3n) is 5.66. The molecule has 5 nitrogen and oxygen atoms in total. The molecular weight excluding hydrogens is 323 g/mol. The Morgan fingerprint density at radius 1 is 1.36 bits per heavy atom. The SMILES string of the molecule is COC(=O)[C@H](Cc1c[nH]c2cc(F)ccc12)NC(=O)C1[C@H]2CCC[C@H]12. The first kappa shape index (κ1) is 16.1. The largest absolute Gasteiger partial charge is 0.467 e. The van der Waals surface area contributed by atoms with Crippen molar-refractivity contribution < 1.29 is 18.7 Å². The van der Waals surface area contributed by atoms with E-state index in [1.54, 1.807) is 12.3 Å². The van der Waals surface area contributed by atoms with E-state index in [1.807, 2.05) is 0 Å². The summed E-state index contributed by atoms with van der Waals surface area (Å²) in [6.07, 6.45) is 5.48. The van der Waals surface area contributed by atoms with Crippen molar-refractivity contribution in [3.05, 3.63) is 35.8 Å². The van der Waals surface area contributed by atoms with Gasteiger partial charge < -0.3 is 15.0 Å². The highest BCUT2D eigenvalue weighted by Crippen LogP contribution is 2.57. The zero-order chi connectivity index (χ0) is 17.6. The van der Waals surface area contributed by atoms with Crippen LogP contribution in [0, 0.1) is 23.6 Å². The van der Waals surface area contributed by atoms with E-state index in [0.29, 0.717) is 23.8 Å². The van der Waals surface area contributed by atoms with Crippen LogP contribution in [0.15, 0.2) is 24.4 Å². The molecule has 0 saturated heterocycles. The monoisotopic (exact) mass is 344 g/mol. The lowest BCUT2D eigenvalue weighted by Crippen LogP contribution is -2.44. The van der Waals surface area contributed by atoms with Gasteiger partial charge in [-0.25, -0.2) is 9.18 Å². The Bertz CT molecular complexity index is 821. The number of hydrogen-bond acceptors (Lipinski definition) is 3. The van der Waals surface area contributed by atoms with Crippen LogP contribution in [0.4, 0.5) is 4.39 Å². The molecule has 3 atom stereocenters. The number of fused-ring (bicyclic) bond motifs is 2. The van der Waals surface area contributed by atoms with E-state index in [2.05, 4.69) is 10.3 Å². The molecule has 1 amide bonds. The normalized spacial score (nSPS) is 25.4. The topological polar surface area (TPSA) is 71.2 Å². The molecule has 6 heteroatoms. The fourth-order valence-corrected chi connectivity index (χ4v) is 4.36. The summed E-state index contributed by atoms with van der Waals surface area (Å²) in [5.41, 5.74) is 1.52. The van der Waals surface area contributed by atoms with E-state index < -0.39 is 12.0 Å². The maximum absolute atomic E-state index is 13.3. The van der Waals surface area contributed by atoms with Gasteiger partial charge in [-0.15, -0.1) is 0 Å². The van der Waals surface area contributed by atoms with Crippen molar-refractivity contribution in [3.63, 3.8) is 0 Å². The predicted octanol–water partition coefficient (Wildman–Crippen LogP) is 2.55. The fraction of sp³-hybridized carbons (Fsp3) is 0.474. The molecule has 2 aromatic rings. The molecule has 0 spiro atoms. The molecule has 1 aromatic carbocycles. The predicted molar refractivity (Wildman–Crippen MR) is 90.2 cm³/mol. The molecule has 0 radical (unpaired) electrons. The summed E-state index contributed by atoms with van der Waals surface area (Å²) in [6.45, 7) is 0. The van der Waals surface area contributed by atoms with Crippen LogP contribution < -0.4 is 5.32 Å². The fourth-order valence-electron chi connectivity index (χ4n) is 4.36. The van der Waals surface area contributed by atoms with Crippen molar-refractivity contribution in [3.8, 4) is 0 Å². The van der Waals surface area contributed by atoms with E-state index in [1.165, 1.54) is 25.7 Å². The lowest BCUT2D eigenvalue weighted by Gasteiger charge is -2.17. The van der Waals surface area contributed by atoms with Crippen LogP contribution in [-0.4, -0.2) is 30.0 Å². The van der Waals surface area contributed by atoms with Crippen LogP contribution in [0.5, 0.6) is 0 Å². The Hall–Kier alpha value is -2.37. The third kappa shape index (κ3) is 2.90. The first-order chi connectivity index (χ1) is 12.1. The van der Waals surface area contributed by atoms with Crippen molar-refractivity contribution >= 4 is 22.8 Å². The molecule has 132 valence electrons. The molecule has 1 aromatic heterocycles. The Morgan fingerprint density at radius 3 is 2.84 bits per heavy atom. The van der Waals surface area contributed by atoms with Gasteiger partial charge in [-0.1, -0.05) is 6.42 Å². The van der Waals surface area contributed by atoms with E-state index in [-0.39, 0.29) is 17.6 Å². The molecule has 2 aliphatic rings. The number of esters is 1. The first-order valence-electron chi connectivity index (χ1n) is 8.72. The number of H-pyrrole nitrogens is 1. The van der Waals surface area contributed by atoms with Gasteiger partial charge in [-0.2, -0.15) is 0 Å². The Labute approximate surface area is 144 Å². The lowest BCUT2D eigenvalue weighted by atomic mass is 10.0. The minimum Gasteiger partial charge on any atom is -0.467 e. The average molecular weight is 344 g/mol. The second-order valence-corrected chi connectivity index (χ2v) is 7.08. The summed E-state index contributed by atoms with van der Waals surface area (Å²) in [4.78, 5) is 27.7. The minimum absolute atomic E-state index is 0.0454. The molecule has 2 N–H and O–H groups in total. The van der Waals surface area contributed by atoms with Crippen molar-refractivity contribution in [1.82, 2.24) is 10.3 Å². The van der Waals surface area contributed by atoms with Crippen LogP contribution in [-0.2, 0) is 20.7 Å². The van der Waals surface area contributed by atoms with Crippen molar-refractivity contribution in [1.29, 1.82) is 0 Å². The number of nitrogens with one attached hydrogen (secondary N) is 2. The number of aromatic amines is 1. The molecule has 1 heterocycles. The van der Waals surface area contributed by atoms with Crippen molar-refractivity contribution in [2.75, 3.05) is 7.11 Å². The van der Waals surface area contributed by atoms with E-state index in [4.69, 9.17) is 4.74 Å². The Morgan fingerprint density at radius 2 is 2.12 bits per heavy atom. The Kier molecular flexibility index (Phi) is 3.98. The number of rotatable bonds is 5. The number of hydrogen-bond donors (Lipinski definition) is 2. The molecular formula is C19H21FN2O3. The number of carbonyl (C=O) groups excluding carboxylic acids is 2. The highest BCUT2D eigenvalue weighted by Gasteiger charge is 2.56. The molecule has 2 saturated carbocycles. The summed E-state index contributed by atoms with van der Waals surface area (Å²) in [7, 11) is 1.32. The standard InChI is InChI=1S/C19H21FN2O3/c1-25-19(24)16(22-18(23)17-13-3-2-4-14(13)17)7-10-9-21-15-8-11(20)5-6-12(10)15/h5-6,8-9,13-14,16-17,21H,2-4,7H2,1H3,(H,22,23)/t13-,14-,16-/m0/s1. The maximum Gasteiger partial charge on any atom is 0.328 e. The number of halogens is 1. The average Bonchev–Trinajstić information content (AvgIpc) is 2.94. The van der Waals surface area contributed by atoms with Gasteiger partial charge in [0.05, 0.1) is 7.11 Å². The van der Waals surface area contributed by atoms with Crippen LogP contribution >= 0.6 is 0 Å². The summed E-state index contributed by atoms with van der Waals surface area (Å²) in [6, 6.07) is 3.74. The number of carbonyl (C=O) groups is 2. The number of benzene rings is 1. The summed E-state index contributed by atoms with van der Waals surface area (Å²) in [5, 5.41) is 3.71. The summed E-state index contributed by atoms with van der Waals surface area (Å²) in [5.74, 6) is 0.215. The van der Waals surface area contributed by atoms with Gasteiger partial charge in [0.25, 0.3) is 0 Å².